The first-order chi connectivity index (χ1) is 14.9. The standard InChI is InChI=1S/C24H36O7S/c1-9-15(3)21(25)17(5)23(18(6)22(16(4)10-2)31-32(8,27)28)30-24(26)19-11-13-20(29-7)14-12-19/h9-18,21-23,25H,1-2H2,3-8H3/t15-,16-,17+,18+,21-,22-,23-/m0/s1. The zero-order valence-corrected chi connectivity index (χ0v) is 20.5. The van der Waals surface area contributed by atoms with E-state index in [2.05, 4.69) is 13.2 Å². The van der Waals surface area contributed by atoms with Gasteiger partial charge in [-0.05, 0) is 24.3 Å². The number of aliphatic hydroxyl groups is 1. The predicted octanol–water partition coefficient (Wildman–Crippen LogP) is 3.84. The summed E-state index contributed by atoms with van der Waals surface area (Å²) in [6.45, 7) is 14.5. The zero-order chi connectivity index (χ0) is 24.6. The highest BCUT2D eigenvalue weighted by atomic mass is 32.2. The molecule has 1 rings (SSSR count). The number of carbonyl (C=O) groups excluding carboxylic acids is 1. The Hall–Kier alpha value is -2.16. The molecule has 1 aromatic rings. The van der Waals surface area contributed by atoms with Gasteiger partial charge in [0.05, 0.1) is 31.1 Å². The van der Waals surface area contributed by atoms with E-state index >= 15 is 0 Å². The molecule has 1 N–H and O–H groups in total. The van der Waals surface area contributed by atoms with E-state index in [1.807, 2.05) is 0 Å². The molecule has 0 aliphatic heterocycles. The number of ether oxygens (including phenoxy) is 2. The molecule has 0 fully saturated rings. The van der Waals surface area contributed by atoms with Gasteiger partial charge >= 0.3 is 5.97 Å². The molecule has 0 saturated carbocycles. The number of methoxy groups -OCH3 is 1. The van der Waals surface area contributed by atoms with Crippen molar-refractivity contribution in [3.05, 3.63) is 55.1 Å². The largest absolute Gasteiger partial charge is 0.497 e. The SMILES string of the molecule is C=C[C@H](C)[C@H](O)[C@@H](C)[C@H](OC(=O)c1ccc(OC)cc1)[C@H](C)[C@@H](OS(C)(=O)=O)[C@@H](C)C=C. The van der Waals surface area contributed by atoms with Crippen LogP contribution in [0.25, 0.3) is 0 Å². The summed E-state index contributed by atoms with van der Waals surface area (Å²) in [6, 6.07) is 6.44. The van der Waals surface area contributed by atoms with E-state index in [-0.39, 0.29) is 11.8 Å². The molecule has 7 nitrogen and oxygen atoms in total. The second-order valence-electron chi connectivity index (χ2n) is 8.26. The van der Waals surface area contributed by atoms with Gasteiger partial charge in [-0.1, -0.05) is 39.8 Å². The first-order valence-electron chi connectivity index (χ1n) is 10.5. The normalized spacial score (nSPS) is 18.3. The van der Waals surface area contributed by atoms with Crippen molar-refractivity contribution in [2.24, 2.45) is 23.7 Å². The average Bonchev–Trinajstić information content (AvgIpc) is 2.77. The van der Waals surface area contributed by atoms with Crippen molar-refractivity contribution in [3.63, 3.8) is 0 Å². The lowest BCUT2D eigenvalue weighted by Gasteiger charge is -2.38. The van der Waals surface area contributed by atoms with Crippen LogP contribution in [0.5, 0.6) is 5.75 Å². The van der Waals surface area contributed by atoms with Crippen LogP contribution in [0.3, 0.4) is 0 Å². The highest BCUT2D eigenvalue weighted by Gasteiger charge is 2.40. The summed E-state index contributed by atoms with van der Waals surface area (Å²) in [5.74, 6) is -1.76. The smallest absolute Gasteiger partial charge is 0.338 e. The molecule has 8 heteroatoms. The number of hydrogen-bond donors (Lipinski definition) is 1. The Kier molecular flexibility index (Phi) is 10.6. The van der Waals surface area contributed by atoms with Crippen LogP contribution in [0, 0.1) is 23.7 Å². The molecule has 0 aromatic heterocycles. The Bertz CT molecular complexity index is 863. The van der Waals surface area contributed by atoms with Gasteiger partial charge in [-0.3, -0.25) is 4.18 Å². The fraction of sp³-hybridized carbons (Fsp3) is 0.542. The molecule has 0 saturated heterocycles. The van der Waals surface area contributed by atoms with Gasteiger partial charge in [0, 0.05) is 23.7 Å². The molecular formula is C24H36O7S. The molecule has 32 heavy (non-hydrogen) atoms. The summed E-state index contributed by atoms with van der Waals surface area (Å²) in [6.07, 6.45) is 1.61. The molecule has 0 spiro atoms. The Labute approximate surface area is 192 Å². The fourth-order valence-electron chi connectivity index (χ4n) is 3.60. The van der Waals surface area contributed by atoms with E-state index in [1.165, 1.54) is 7.11 Å². The molecule has 180 valence electrons. The molecule has 0 aliphatic carbocycles. The minimum Gasteiger partial charge on any atom is -0.497 e. The zero-order valence-electron chi connectivity index (χ0n) is 19.7. The Morgan fingerprint density at radius 2 is 1.50 bits per heavy atom. The van der Waals surface area contributed by atoms with Gasteiger partial charge in [0.2, 0.25) is 0 Å². The Morgan fingerprint density at radius 1 is 0.969 bits per heavy atom. The fourth-order valence-corrected chi connectivity index (χ4v) is 4.36. The number of hydrogen-bond acceptors (Lipinski definition) is 7. The minimum atomic E-state index is -3.79. The second-order valence-corrected chi connectivity index (χ2v) is 9.86. The van der Waals surface area contributed by atoms with Crippen LogP contribution in [-0.2, 0) is 19.0 Å². The molecule has 7 atom stereocenters. The minimum absolute atomic E-state index is 0.273. The lowest BCUT2D eigenvalue weighted by atomic mass is 9.79. The lowest BCUT2D eigenvalue weighted by Crippen LogP contribution is -2.46. The third-order valence-electron chi connectivity index (χ3n) is 5.75. The predicted molar refractivity (Wildman–Crippen MR) is 125 cm³/mol. The molecule has 1 aromatic carbocycles. The van der Waals surface area contributed by atoms with E-state index in [4.69, 9.17) is 13.7 Å². The van der Waals surface area contributed by atoms with Crippen molar-refractivity contribution in [3.8, 4) is 5.75 Å². The summed E-state index contributed by atoms with van der Waals surface area (Å²) in [5.41, 5.74) is 0.304. The van der Waals surface area contributed by atoms with E-state index < -0.39 is 46.2 Å². The maximum Gasteiger partial charge on any atom is 0.338 e. The van der Waals surface area contributed by atoms with Crippen LogP contribution in [0.1, 0.15) is 38.1 Å². The van der Waals surface area contributed by atoms with Crippen molar-refractivity contribution < 1.29 is 32.0 Å². The summed E-state index contributed by atoms with van der Waals surface area (Å²) >= 11 is 0. The summed E-state index contributed by atoms with van der Waals surface area (Å²) in [5, 5.41) is 10.8. The molecule has 0 amide bonds. The molecule has 0 bridgehead atoms. The van der Waals surface area contributed by atoms with Crippen LogP contribution >= 0.6 is 0 Å². The quantitative estimate of drug-likeness (QED) is 0.267. The molecule has 0 aliphatic rings. The van der Waals surface area contributed by atoms with Crippen molar-refractivity contribution in [2.45, 2.75) is 46.0 Å². The summed E-state index contributed by atoms with van der Waals surface area (Å²) < 4.78 is 40.2. The van der Waals surface area contributed by atoms with Gasteiger partial charge < -0.3 is 14.6 Å². The highest BCUT2D eigenvalue weighted by Crippen LogP contribution is 2.32. The summed E-state index contributed by atoms with van der Waals surface area (Å²) in [7, 11) is -2.27. The number of aliphatic hydroxyl groups excluding tert-OH is 1. The van der Waals surface area contributed by atoms with E-state index in [1.54, 1.807) is 64.1 Å². The van der Waals surface area contributed by atoms with Crippen LogP contribution in [0.4, 0.5) is 0 Å². The van der Waals surface area contributed by atoms with Crippen LogP contribution < -0.4 is 4.74 Å². The first-order valence-corrected chi connectivity index (χ1v) is 12.3. The van der Waals surface area contributed by atoms with Crippen LogP contribution in [0.2, 0.25) is 0 Å². The van der Waals surface area contributed by atoms with E-state index in [0.717, 1.165) is 6.26 Å². The maximum absolute atomic E-state index is 12.9. The number of rotatable bonds is 13. The second kappa shape index (κ2) is 12.2. The van der Waals surface area contributed by atoms with Crippen LogP contribution in [-0.4, -0.2) is 51.2 Å². The third kappa shape index (κ3) is 7.76. The number of benzene rings is 1. The van der Waals surface area contributed by atoms with Gasteiger partial charge in [-0.15, -0.1) is 13.2 Å². The van der Waals surface area contributed by atoms with Gasteiger partial charge in [-0.25, -0.2) is 4.79 Å². The van der Waals surface area contributed by atoms with Gasteiger partial charge in [0.25, 0.3) is 10.1 Å². The monoisotopic (exact) mass is 468 g/mol. The lowest BCUT2D eigenvalue weighted by molar-refractivity contribution is -0.0664. The summed E-state index contributed by atoms with van der Waals surface area (Å²) in [4.78, 5) is 12.9. The topological polar surface area (TPSA) is 99.1 Å². The van der Waals surface area contributed by atoms with E-state index in [0.29, 0.717) is 11.3 Å². The van der Waals surface area contributed by atoms with Crippen molar-refractivity contribution >= 4 is 16.1 Å². The van der Waals surface area contributed by atoms with Crippen LogP contribution in [0.15, 0.2) is 49.6 Å². The van der Waals surface area contributed by atoms with Gasteiger partial charge in [-0.2, -0.15) is 8.42 Å². The first kappa shape index (κ1) is 27.9. The maximum atomic E-state index is 12.9. The molecule has 0 heterocycles. The van der Waals surface area contributed by atoms with Gasteiger partial charge in [0.15, 0.2) is 0 Å². The average molecular weight is 469 g/mol. The van der Waals surface area contributed by atoms with E-state index in [9.17, 15) is 18.3 Å². The molecule has 0 unspecified atom stereocenters. The molecular weight excluding hydrogens is 432 g/mol. The highest BCUT2D eigenvalue weighted by molar-refractivity contribution is 7.86. The third-order valence-corrected chi connectivity index (χ3v) is 6.32. The number of carbonyl (C=O) groups is 1. The van der Waals surface area contributed by atoms with Crippen molar-refractivity contribution in [1.82, 2.24) is 0 Å². The number of esters is 1. The van der Waals surface area contributed by atoms with Crippen molar-refractivity contribution in [1.29, 1.82) is 0 Å². The Balaban J connectivity index is 3.34. The Morgan fingerprint density at radius 3 is 1.94 bits per heavy atom. The molecule has 0 radical (unpaired) electrons. The van der Waals surface area contributed by atoms with Gasteiger partial charge in [0.1, 0.15) is 11.9 Å². The van der Waals surface area contributed by atoms with Crippen molar-refractivity contribution in [2.75, 3.05) is 13.4 Å².